The lowest BCUT2D eigenvalue weighted by atomic mass is 10.2. The minimum Gasteiger partial charge on any atom is -0.497 e. The van der Waals surface area contributed by atoms with Gasteiger partial charge in [0.2, 0.25) is 15.9 Å². The molecule has 1 aromatic carbocycles. The molecule has 0 radical (unpaired) electrons. The third-order valence-corrected chi connectivity index (χ3v) is 6.88. The van der Waals surface area contributed by atoms with Crippen molar-refractivity contribution in [3.05, 3.63) is 41.1 Å². The number of rotatable bonds is 4. The third kappa shape index (κ3) is 2.92. The van der Waals surface area contributed by atoms with Gasteiger partial charge in [-0.05, 0) is 42.6 Å². The summed E-state index contributed by atoms with van der Waals surface area (Å²) in [6, 6.07) is 7.97. The van der Waals surface area contributed by atoms with E-state index in [0.717, 1.165) is 5.69 Å². The molecule has 2 heterocycles. The molecule has 0 bridgehead atoms. The molecule has 1 aliphatic heterocycles. The Kier molecular flexibility index (Phi) is 4.62. The average molecular weight is 366 g/mol. The van der Waals surface area contributed by atoms with Gasteiger partial charge in [0.05, 0.1) is 12.0 Å². The van der Waals surface area contributed by atoms with Crippen LogP contribution in [0.3, 0.4) is 0 Å². The van der Waals surface area contributed by atoms with Crippen LogP contribution in [0, 0.1) is 0 Å². The lowest BCUT2D eigenvalue weighted by molar-refractivity contribution is -0.123. The van der Waals surface area contributed by atoms with Crippen LogP contribution in [0.4, 0.5) is 5.69 Å². The summed E-state index contributed by atoms with van der Waals surface area (Å²) in [5, 5.41) is 3.30. The van der Waals surface area contributed by atoms with E-state index in [4.69, 9.17) is 4.74 Å². The Hall–Kier alpha value is -1.90. The Balaban J connectivity index is 1.83. The zero-order chi connectivity index (χ0) is 17.3. The van der Waals surface area contributed by atoms with Crippen molar-refractivity contribution in [1.29, 1.82) is 0 Å². The molecule has 0 spiro atoms. The van der Waals surface area contributed by atoms with Gasteiger partial charge in [-0.15, -0.1) is 0 Å². The molecule has 0 saturated carbocycles. The van der Waals surface area contributed by atoms with E-state index in [0.29, 0.717) is 12.3 Å². The Morgan fingerprint density at radius 1 is 1.17 bits per heavy atom. The number of thiophene rings is 1. The van der Waals surface area contributed by atoms with Crippen molar-refractivity contribution in [3.8, 4) is 5.75 Å². The van der Waals surface area contributed by atoms with Gasteiger partial charge in [-0.1, -0.05) is 0 Å². The maximum Gasteiger partial charge on any atom is 0.245 e. The molecule has 1 amide bonds. The van der Waals surface area contributed by atoms with Crippen LogP contribution in [0.15, 0.2) is 46.0 Å². The average Bonchev–Trinajstić information content (AvgIpc) is 3.12. The lowest BCUT2D eigenvalue weighted by Crippen LogP contribution is -2.57. The topological polar surface area (TPSA) is 66.9 Å². The molecule has 128 valence electrons. The second-order valence-electron chi connectivity index (χ2n) is 5.44. The Morgan fingerprint density at radius 2 is 1.88 bits per heavy atom. The number of nitrogens with zero attached hydrogens (tertiary/aromatic N) is 2. The lowest BCUT2D eigenvalue weighted by Gasteiger charge is -2.38. The monoisotopic (exact) mass is 366 g/mol. The van der Waals surface area contributed by atoms with Crippen molar-refractivity contribution in [1.82, 2.24) is 4.31 Å². The molecule has 8 heteroatoms. The van der Waals surface area contributed by atoms with E-state index in [9.17, 15) is 13.2 Å². The van der Waals surface area contributed by atoms with Gasteiger partial charge >= 0.3 is 0 Å². The molecule has 2 aromatic rings. The van der Waals surface area contributed by atoms with E-state index >= 15 is 0 Å². The van der Waals surface area contributed by atoms with Crippen LogP contribution in [-0.2, 0) is 14.8 Å². The maximum absolute atomic E-state index is 12.7. The number of carbonyl (C=O) groups is 1. The highest BCUT2D eigenvalue weighted by atomic mass is 32.2. The standard InChI is InChI=1S/C16H18N2O4S2/c1-12-16(19)17(13-3-5-14(22-2)6-4-13)8-9-18(12)24(20,21)15-7-10-23-11-15/h3-7,10-12H,8-9H2,1-2H3. The van der Waals surface area contributed by atoms with Crippen LogP contribution in [0.25, 0.3) is 0 Å². The van der Waals surface area contributed by atoms with E-state index < -0.39 is 16.1 Å². The molecule has 1 fully saturated rings. The van der Waals surface area contributed by atoms with Gasteiger partial charge < -0.3 is 9.64 Å². The first-order valence-corrected chi connectivity index (χ1v) is 9.83. The summed E-state index contributed by atoms with van der Waals surface area (Å²) in [7, 11) is -2.06. The minimum absolute atomic E-state index is 0.231. The fourth-order valence-electron chi connectivity index (χ4n) is 2.73. The molecule has 1 aromatic heterocycles. The van der Waals surface area contributed by atoms with E-state index in [1.54, 1.807) is 60.0 Å². The predicted octanol–water partition coefficient (Wildman–Crippen LogP) is 2.18. The van der Waals surface area contributed by atoms with Crippen LogP contribution in [0.5, 0.6) is 5.75 Å². The fraction of sp³-hybridized carbons (Fsp3) is 0.312. The van der Waals surface area contributed by atoms with Gasteiger partial charge in [0, 0.05) is 24.2 Å². The zero-order valence-corrected chi connectivity index (χ0v) is 15.0. The van der Waals surface area contributed by atoms with Crippen LogP contribution < -0.4 is 9.64 Å². The summed E-state index contributed by atoms with van der Waals surface area (Å²) < 4.78 is 31.7. The van der Waals surface area contributed by atoms with E-state index in [1.807, 2.05) is 0 Å². The number of benzene rings is 1. The van der Waals surface area contributed by atoms with Crippen molar-refractivity contribution >= 4 is 33.0 Å². The molecule has 3 rings (SSSR count). The second-order valence-corrected chi connectivity index (χ2v) is 8.11. The minimum atomic E-state index is -3.64. The van der Waals surface area contributed by atoms with Crippen molar-refractivity contribution in [2.75, 3.05) is 25.1 Å². The Bertz CT molecular complexity index is 816. The number of anilines is 1. The van der Waals surface area contributed by atoms with Gasteiger partial charge in [0.25, 0.3) is 0 Å². The number of carbonyl (C=O) groups excluding carboxylic acids is 1. The molecule has 1 aliphatic rings. The first-order valence-electron chi connectivity index (χ1n) is 7.44. The van der Waals surface area contributed by atoms with Gasteiger partial charge in [-0.25, -0.2) is 8.42 Å². The van der Waals surface area contributed by atoms with Crippen molar-refractivity contribution in [2.24, 2.45) is 0 Å². The fourth-order valence-corrected chi connectivity index (χ4v) is 5.33. The number of ether oxygens (including phenoxy) is 1. The molecule has 6 nitrogen and oxygen atoms in total. The largest absolute Gasteiger partial charge is 0.497 e. The second kappa shape index (κ2) is 6.54. The summed E-state index contributed by atoms with van der Waals surface area (Å²) in [6.45, 7) is 2.21. The molecule has 24 heavy (non-hydrogen) atoms. The third-order valence-electron chi connectivity index (χ3n) is 4.09. The highest BCUT2D eigenvalue weighted by Gasteiger charge is 2.39. The van der Waals surface area contributed by atoms with E-state index in [1.165, 1.54) is 15.6 Å². The van der Waals surface area contributed by atoms with Gasteiger partial charge in [0.15, 0.2) is 0 Å². The molecule has 1 saturated heterocycles. The molecular formula is C16H18N2O4S2. The van der Waals surface area contributed by atoms with Crippen molar-refractivity contribution < 1.29 is 17.9 Å². The Morgan fingerprint density at radius 3 is 2.46 bits per heavy atom. The molecular weight excluding hydrogens is 348 g/mol. The maximum atomic E-state index is 12.7. The first kappa shape index (κ1) is 16.9. The van der Waals surface area contributed by atoms with Gasteiger partial charge in [-0.3, -0.25) is 4.79 Å². The summed E-state index contributed by atoms with van der Waals surface area (Å²) in [4.78, 5) is 14.6. The number of methoxy groups -OCH3 is 1. The number of amides is 1. The van der Waals surface area contributed by atoms with Crippen molar-refractivity contribution in [3.63, 3.8) is 0 Å². The Labute approximate surface area is 145 Å². The molecule has 0 aliphatic carbocycles. The van der Waals surface area contributed by atoms with Crippen LogP contribution >= 0.6 is 11.3 Å². The number of piperazine rings is 1. The predicted molar refractivity (Wildman–Crippen MR) is 93.0 cm³/mol. The number of sulfonamides is 1. The number of hydrogen-bond acceptors (Lipinski definition) is 5. The van der Waals surface area contributed by atoms with Crippen LogP contribution in [-0.4, -0.2) is 44.9 Å². The van der Waals surface area contributed by atoms with Crippen LogP contribution in [0.1, 0.15) is 6.92 Å². The summed E-state index contributed by atoms with van der Waals surface area (Å²) in [5.41, 5.74) is 0.736. The van der Waals surface area contributed by atoms with Crippen LogP contribution in [0.2, 0.25) is 0 Å². The highest BCUT2D eigenvalue weighted by Crippen LogP contribution is 2.27. The summed E-state index contributed by atoms with van der Waals surface area (Å²) >= 11 is 1.32. The summed E-state index contributed by atoms with van der Waals surface area (Å²) in [6.07, 6.45) is 0. The van der Waals surface area contributed by atoms with E-state index in [2.05, 4.69) is 0 Å². The highest BCUT2D eigenvalue weighted by molar-refractivity contribution is 7.89. The normalized spacial score (nSPS) is 19.5. The van der Waals surface area contributed by atoms with E-state index in [-0.39, 0.29) is 17.3 Å². The molecule has 1 unspecified atom stereocenters. The summed E-state index contributed by atoms with van der Waals surface area (Å²) in [5.74, 6) is 0.475. The van der Waals surface area contributed by atoms with Crippen molar-refractivity contribution in [2.45, 2.75) is 17.9 Å². The zero-order valence-electron chi connectivity index (χ0n) is 13.4. The number of hydrogen-bond donors (Lipinski definition) is 0. The van der Waals surface area contributed by atoms with Gasteiger partial charge in [-0.2, -0.15) is 15.6 Å². The smallest absolute Gasteiger partial charge is 0.245 e. The first-order chi connectivity index (χ1) is 11.4. The van der Waals surface area contributed by atoms with Gasteiger partial charge in [0.1, 0.15) is 11.8 Å². The molecule has 1 atom stereocenters. The quantitative estimate of drug-likeness (QED) is 0.832. The molecule has 0 N–H and O–H groups in total. The SMILES string of the molecule is COc1ccc(N2CCN(S(=O)(=O)c3ccsc3)C(C)C2=O)cc1.